The molecule has 0 fully saturated rings. The molecule has 7 nitrogen and oxygen atoms in total. The molecule has 2 N–H and O–H groups in total. The zero-order chi connectivity index (χ0) is 22.3. The third-order valence-electron chi connectivity index (χ3n) is 5.56. The Bertz CT molecular complexity index is 1500. The molecule has 0 saturated heterocycles. The molecule has 0 aliphatic carbocycles. The number of rotatable bonds is 4. The van der Waals surface area contributed by atoms with E-state index in [1.54, 1.807) is 12.1 Å². The minimum atomic E-state index is -3.78. The van der Waals surface area contributed by atoms with Gasteiger partial charge >= 0.3 is 0 Å². The Labute approximate surface area is 185 Å². The van der Waals surface area contributed by atoms with E-state index in [2.05, 4.69) is 15.0 Å². The van der Waals surface area contributed by atoms with Gasteiger partial charge < -0.3 is 9.73 Å². The van der Waals surface area contributed by atoms with Crippen LogP contribution < -0.4 is 10.0 Å². The highest BCUT2D eigenvalue weighted by Gasteiger charge is 2.21. The first-order valence-electron chi connectivity index (χ1n) is 10.3. The summed E-state index contributed by atoms with van der Waals surface area (Å²) in [5.74, 6) is 0.220. The monoisotopic (exact) mass is 447 g/mol. The van der Waals surface area contributed by atoms with E-state index in [1.165, 1.54) is 12.1 Å². The van der Waals surface area contributed by atoms with Crippen LogP contribution in [0.5, 0.6) is 0 Å². The van der Waals surface area contributed by atoms with Gasteiger partial charge in [0.15, 0.2) is 5.76 Å². The van der Waals surface area contributed by atoms with Crippen molar-refractivity contribution in [1.82, 2.24) is 4.72 Å². The molecule has 8 heteroatoms. The first kappa shape index (κ1) is 20.3. The minimum Gasteiger partial charge on any atom is -0.450 e. The van der Waals surface area contributed by atoms with Gasteiger partial charge in [-0.2, -0.15) is 0 Å². The van der Waals surface area contributed by atoms with E-state index in [0.29, 0.717) is 30.1 Å². The average molecular weight is 448 g/mol. The van der Waals surface area contributed by atoms with Crippen molar-refractivity contribution in [1.29, 1.82) is 0 Å². The van der Waals surface area contributed by atoms with Crippen LogP contribution in [0.3, 0.4) is 0 Å². The van der Waals surface area contributed by atoms with Gasteiger partial charge in [-0.3, -0.25) is 14.5 Å². The van der Waals surface area contributed by atoms with Crippen molar-refractivity contribution in [3.63, 3.8) is 0 Å². The molecular weight excluding hydrogens is 426 g/mol. The Morgan fingerprint density at radius 2 is 1.88 bits per heavy atom. The van der Waals surface area contributed by atoms with Crippen molar-refractivity contribution >= 4 is 49.2 Å². The van der Waals surface area contributed by atoms with Crippen LogP contribution in [0.4, 0.5) is 5.69 Å². The van der Waals surface area contributed by atoms with Crippen molar-refractivity contribution < 1.29 is 17.6 Å². The highest BCUT2D eigenvalue weighted by molar-refractivity contribution is 7.90. The lowest BCUT2D eigenvalue weighted by Crippen LogP contribution is -2.29. The van der Waals surface area contributed by atoms with E-state index < -0.39 is 15.9 Å². The first-order chi connectivity index (χ1) is 15.4. The van der Waals surface area contributed by atoms with Gasteiger partial charge in [0.05, 0.1) is 4.90 Å². The van der Waals surface area contributed by atoms with Crippen molar-refractivity contribution in [3.05, 3.63) is 72.0 Å². The summed E-state index contributed by atoms with van der Waals surface area (Å²) >= 11 is 0. The van der Waals surface area contributed by atoms with E-state index in [1.807, 2.05) is 43.3 Å². The summed E-state index contributed by atoms with van der Waals surface area (Å²) in [5, 5.41) is 5.58. The average Bonchev–Trinajstić information content (AvgIpc) is 3.41. The largest absolute Gasteiger partial charge is 0.450 e. The summed E-state index contributed by atoms with van der Waals surface area (Å²) in [6.07, 6.45) is 1.44. The van der Waals surface area contributed by atoms with Crippen LogP contribution in [0.25, 0.3) is 21.7 Å². The van der Waals surface area contributed by atoms with Crippen LogP contribution >= 0.6 is 0 Å². The Balaban J connectivity index is 1.44. The number of hydrogen-bond donors (Lipinski definition) is 2. The molecule has 0 bridgehead atoms. The minimum absolute atomic E-state index is 0.0530. The van der Waals surface area contributed by atoms with Gasteiger partial charge in [0.1, 0.15) is 11.4 Å². The van der Waals surface area contributed by atoms with Crippen molar-refractivity contribution in [2.45, 2.75) is 24.7 Å². The molecule has 5 rings (SSSR count). The lowest BCUT2D eigenvalue weighted by atomic mass is 10.1. The molecule has 1 aliphatic heterocycles. The smallest absolute Gasteiger partial charge is 0.291 e. The number of benzene rings is 3. The molecule has 1 aliphatic rings. The number of amidine groups is 1. The molecular formula is C24H21N3O4S. The van der Waals surface area contributed by atoms with Crippen LogP contribution in [-0.2, 0) is 10.0 Å². The number of furan rings is 1. The Morgan fingerprint density at radius 3 is 2.69 bits per heavy atom. The second kappa shape index (κ2) is 7.80. The Kier molecular flexibility index (Phi) is 4.94. The standard InChI is InChI=1S/C24H21N3O4S/c1-15-19-12-11-16-6-2-3-9-20(16)23(19)31-22(15)24(28)26-17-7-4-8-18(14-17)32(29,30)27-21-10-5-13-25-21/h2-4,6-9,11-12,14H,5,10,13H2,1H3,(H,25,27)(H,26,28). The number of carbonyl (C=O) groups is 1. The summed E-state index contributed by atoms with van der Waals surface area (Å²) in [6, 6.07) is 17.9. The normalized spacial score (nSPS) is 14.0. The maximum atomic E-state index is 13.0. The van der Waals surface area contributed by atoms with Crippen molar-refractivity contribution in [2.75, 3.05) is 11.9 Å². The number of nitrogens with zero attached hydrogens (tertiary/aromatic N) is 1. The molecule has 0 saturated carbocycles. The second-order valence-electron chi connectivity index (χ2n) is 7.74. The van der Waals surface area contributed by atoms with Gasteiger partial charge in [-0.1, -0.05) is 42.5 Å². The van der Waals surface area contributed by atoms with Gasteiger partial charge in [-0.15, -0.1) is 0 Å². The molecule has 4 aromatic rings. The molecule has 32 heavy (non-hydrogen) atoms. The number of aryl methyl sites for hydroxylation is 1. The molecule has 0 radical (unpaired) electrons. The fourth-order valence-corrected chi connectivity index (χ4v) is 5.07. The van der Waals surface area contributed by atoms with Gasteiger partial charge in [0.2, 0.25) is 0 Å². The molecule has 3 aromatic carbocycles. The predicted molar refractivity (Wildman–Crippen MR) is 125 cm³/mol. The zero-order valence-electron chi connectivity index (χ0n) is 17.4. The second-order valence-corrected chi connectivity index (χ2v) is 9.42. The molecule has 1 amide bonds. The lowest BCUT2D eigenvalue weighted by Gasteiger charge is -2.10. The number of carbonyl (C=O) groups excluding carboxylic acids is 1. The lowest BCUT2D eigenvalue weighted by molar-refractivity contribution is 0.0998. The quantitative estimate of drug-likeness (QED) is 0.477. The molecule has 1 aromatic heterocycles. The van der Waals surface area contributed by atoms with Crippen LogP contribution in [0.15, 0.2) is 75.0 Å². The topological polar surface area (TPSA) is 101 Å². The number of hydrogen-bond acceptors (Lipinski definition) is 5. The molecule has 0 spiro atoms. The summed E-state index contributed by atoms with van der Waals surface area (Å²) in [5.41, 5.74) is 1.74. The van der Waals surface area contributed by atoms with E-state index >= 15 is 0 Å². The summed E-state index contributed by atoms with van der Waals surface area (Å²) in [7, 11) is -3.78. The van der Waals surface area contributed by atoms with Crippen LogP contribution in [0.2, 0.25) is 0 Å². The highest BCUT2D eigenvalue weighted by Crippen LogP contribution is 2.32. The Morgan fingerprint density at radius 1 is 1.03 bits per heavy atom. The maximum absolute atomic E-state index is 13.0. The number of amides is 1. The summed E-state index contributed by atoms with van der Waals surface area (Å²) in [4.78, 5) is 17.2. The third-order valence-corrected chi connectivity index (χ3v) is 6.94. The first-order valence-corrected chi connectivity index (χ1v) is 11.8. The van der Waals surface area contributed by atoms with Crippen molar-refractivity contribution in [2.24, 2.45) is 4.99 Å². The number of nitrogens with one attached hydrogen (secondary N) is 2. The van der Waals surface area contributed by atoms with Gasteiger partial charge in [-0.25, -0.2) is 8.42 Å². The molecule has 2 heterocycles. The maximum Gasteiger partial charge on any atom is 0.291 e. The van der Waals surface area contributed by atoms with Gasteiger partial charge in [-0.05, 0) is 36.9 Å². The van der Waals surface area contributed by atoms with E-state index in [9.17, 15) is 13.2 Å². The molecule has 0 atom stereocenters. The number of fused-ring (bicyclic) bond motifs is 3. The van der Waals surface area contributed by atoms with Crippen LogP contribution in [0.1, 0.15) is 29.0 Å². The fraction of sp³-hybridized carbons (Fsp3) is 0.167. The van der Waals surface area contributed by atoms with E-state index in [0.717, 1.165) is 28.1 Å². The number of aliphatic imine (C=N–C) groups is 1. The third kappa shape index (κ3) is 3.62. The highest BCUT2D eigenvalue weighted by atomic mass is 32.2. The van der Waals surface area contributed by atoms with E-state index in [-0.39, 0.29) is 10.7 Å². The SMILES string of the molecule is Cc1c(C(=O)Nc2cccc(S(=O)(=O)NC3=NCCC3)c2)oc2c1ccc1ccccc12. The number of anilines is 1. The van der Waals surface area contributed by atoms with Gasteiger partial charge in [0, 0.05) is 35.0 Å². The van der Waals surface area contributed by atoms with Crippen LogP contribution in [0, 0.1) is 6.92 Å². The summed E-state index contributed by atoms with van der Waals surface area (Å²) < 4.78 is 33.8. The molecule has 162 valence electrons. The summed E-state index contributed by atoms with van der Waals surface area (Å²) in [6.45, 7) is 2.46. The zero-order valence-corrected chi connectivity index (χ0v) is 18.2. The van der Waals surface area contributed by atoms with Crippen LogP contribution in [-0.4, -0.2) is 26.7 Å². The van der Waals surface area contributed by atoms with Crippen molar-refractivity contribution in [3.8, 4) is 0 Å². The van der Waals surface area contributed by atoms with Gasteiger partial charge in [0.25, 0.3) is 15.9 Å². The number of sulfonamides is 1. The predicted octanol–water partition coefficient (Wildman–Crippen LogP) is 4.62. The molecule has 0 unspecified atom stereocenters. The fourth-order valence-electron chi connectivity index (χ4n) is 3.93. The van der Waals surface area contributed by atoms with E-state index in [4.69, 9.17) is 4.42 Å². The Hall–Kier alpha value is -3.65.